The third-order valence-electron chi connectivity index (χ3n) is 6.08. The first-order valence-corrected chi connectivity index (χ1v) is 10.5. The third kappa shape index (κ3) is 4.86. The van der Waals surface area contributed by atoms with Crippen LogP contribution in [0.15, 0.2) is 48.5 Å². The van der Waals surface area contributed by atoms with Crippen LogP contribution in [0, 0.1) is 12.8 Å². The number of fused-ring (bicyclic) bond motifs is 1. The summed E-state index contributed by atoms with van der Waals surface area (Å²) in [6, 6.07) is 18.9. The maximum Gasteiger partial charge on any atom is 0 e. The largest absolute Gasteiger partial charge is 0.164 e. The molecule has 1 saturated carbocycles. The molecule has 0 aromatic heterocycles. The van der Waals surface area contributed by atoms with E-state index >= 15 is 0 Å². The van der Waals surface area contributed by atoms with Gasteiger partial charge >= 0.3 is 0 Å². The maximum absolute atomic E-state index is 2.47. The predicted molar refractivity (Wildman–Crippen MR) is 114 cm³/mol. The normalized spacial score (nSPS) is 15.0. The van der Waals surface area contributed by atoms with E-state index in [1.54, 1.807) is 5.56 Å². The molecule has 0 aliphatic heterocycles. The zero-order chi connectivity index (χ0) is 17.9. The fraction of sp³-hybridized carbons (Fsp3) is 0.423. The van der Waals surface area contributed by atoms with E-state index in [0.29, 0.717) is 0 Å². The molecule has 1 heteroatoms. The molecule has 0 nitrogen and oxygen atoms in total. The van der Waals surface area contributed by atoms with Gasteiger partial charge in [0.1, 0.15) is 0 Å². The van der Waals surface area contributed by atoms with Crippen LogP contribution in [-0.4, -0.2) is 0 Å². The summed E-state index contributed by atoms with van der Waals surface area (Å²) in [7, 11) is 0. The van der Waals surface area contributed by atoms with E-state index in [1.807, 2.05) is 0 Å². The third-order valence-corrected chi connectivity index (χ3v) is 6.08. The summed E-state index contributed by atoms with van der Waals surface area (Å²) in [5.74, 6) is 0.901. The SMILES string of the molecule is CCCc1ccc(-c2cc(C)cc3[cH-]c(CC4CCCCC4)cc23)cc1.[Zr]. The van der Waals surface area contributed by atoms with Crippen LogP contribution >= 0.6 is 0 Å². The van der Waals surface area contributed by atoms with E-state index in [9.17, 15) is 0 Å². The molecule has 3 aromatic rings. The van der Waals surface area contributed by atoms with Crippen molar-refractivity contribution in [3.05, 3.63) is 65.2 Å². The Hall–Kier alpha value is -1.07. The minimum atomic E-state index is 0. The number of hydrogen-bond donors (Lipinski definition) is 0. The van der Waals surface area contributed by atoms with Crippen LogP contribution in [0.2, 0.25) is 0 Å². The van der Waals surface area contributed by atoms with Gasteiger partial charge in [0, 0.05) is 26.2 Å². The van der Waals surface area contributed by atoms with Crippen LogP contribution in [-0.2, 0) is 39.0 Å². The van der Waals surface area contributed by atoms with Crippen molar-refractivity contribution in [3.8, 4) is 11.1 Å². The molecule has 1 aliphatic rings. The van der Waals surface area contributed by atoms with E-state index in [2.05, 4.69) is 62.4 Å². The summed E-state index contributed by atoms with van der Waals surface area (Å²) in [5.41, 5.74) is 7.10. The molecule has 3 aromatic carbocycles. The Labute approximate surface area is 183 Å². The summed E-state index contributed by atoms with van der Waals surface area (Å²) in [5, 5.41) is 2.85. The second-order valence-corrected chi connectivity index (χ2v) is 8.33. The Bertz CT molecular complexity index is 863. The van der Waals surface area contributed by atoms with E-state index in [0.717, 1.165) is 5.92 Å². The van der Waals surface area contributed by atoms with Crippen molar-refractivity contribution < 1.29 is 26.2 Å². The van der Waals surface area contributed by atoms with Gasteiger partial charge in [-0.3, -0.25) is 0 Å². The van der Waals surface area contributed by atoms with Gasteiger partial charge in [0.05, 0.1) is 0 Å². The molecule has 0 heterocycles. The van der Waals surface area contributed by atoms with Crippen LogP contribution < -0.4 is 0 Å². The molecule has 0 amide bonds. The van der Waals surface area contributed by atoms with Crippen molar-refractivity contribution in [1.82, 2.24) is 0 Å². The first-order chi connectivity index (χ1) is 12.7. The number of benzene rings is 2. The second kappa shape index (κ2) is 9.42. The molecule has 0 bridgehead atoms. The summed E-state index contributed by atoms with van der Waals surface area (Å²) >= 11 is 0. The molecule has 0 radical (unpaired) electrons. The number of rotatable bonds is 5. The van der Waals surface area contributed by atoms with Gasteiger partial charge in [-0.25, -0.2) is 0 Å². The van der Waals surface area contributed by atoms with Crippen LogP contribution in [0.1, 0.15) is 62.1 Å². The Morgan fingerprint density at radius 2 is 1.70 bits per heavy atom. The molecule has 0 saturated heterocycles. The van der Waals surface area contributed by atoms with Gasteiger partial charge in [-0.2, -0.15) is 6.07 Å². The Morgan fingerprint density at radius 3 is 2.41 bits per heavy atom. The van der Waals surface area contributed by atoms with Crippen molar-refractivity contribution in [2.24, 2.45) is 5.92 Å². The standard InChI is InChI=1S/C26H31.Zr/c1-3-7-20-10-12-23(13-11-20)25-15-19(2)14-24-17-22(18-26(24)25)16-21-8-5-4-6-9-21;/h10-15,17-18,21H,3-9,16H2,1-2H3;/q-1;. The van der Waals surface area contributed by atoms with Gasteiger partial charge in [-0.1, -0.05) is 86.9 Å². The van der Waals surface area contributed by atoms with Crippen LogP contribution in [0.4, 0.5) is 0 Å². The first-order valence-electron chi connectivity index (χ1n) is 10.5. The minimum Gasteiger partial charge on any atom is -0.164 e. The van der Waals surface area contributed by atoms with Crippen LogP contribution in [0.3, 0.4) is 0 Å². The van der Waals surface area contributed by atoms with Gasteiger partial charge in [0.15, 0.2) is 0 Å². The fourth-order valence-electron chi connectivity index (χ4n) is 4.75. The molecule has 0 unspecified atom stereocenters. The van der Waals surface area contributed by atoms with Gasteiger partial charge in [-0.15, -0.1) is 28.5 Å². The van der Waals surface area contributed by atoms with Gasteiger partial charge < -0.3 is 0 Å². The van der Waals surface area contributed by atoms with Crippen LogP contribution in [0.5, 0.6) is 0 Å². The van der Waals surface area contributed by atoms with Gasteiger partial charge in [-0.05, 0) is 36.8 Å². The fourth-order valence-corrected chi connectivity index (χ4v) is 4.75. The average molecular weight is 435 g/mol. The number of hydrogen-bond acceptors (Lipinski definition) is 0. The van der Waals surface area contributed by atoms with Crippen molar-refractivity contribution in [2.45, 2.75) is 65.2 Å². The van der Waals surface area contributed by atoms with Crippen molar-refractivity contribution in [3.63, 3.8) is 0 Å². The molecule has 1 fully saturated rings. The molecule has 1 aliphatic carbocycles. The molecule has 0 atom stereocenters. The van der Waals surface area contributed by atoms with Crippen LogP contribution in [0.25, 0.3) is 21.9 Å². The van der Waals surface area contributed by atoms with Crippen molar-refractivity contribution >= 4 is 10.8 Å². The summed E-state index contributed by atoms with van der Waals surface area (Å²) in [6.45, 7) is 4.47. The molecule has 27 heavy (non-hydrogen) atoms. The van der Waals surface area contributed by atoms with Gasteiger partial charge in [0.25, 0.3) is 0 Å². The van der Waals surface area contributed by atoms with Crippen molar-refractivity contribution in [1.29, 1.82) is 0 Å². The molecule has 0 N–H and O–H groups in total. The quantitative estimate of drug-likeness (QED) is 0.362. The Kier molecular flexibility index (Phi) is 7.21. The Morgan fingerprint density at radius 1 is 0.963 bits per heavy atom. The zero-order valence-corrected chi connectivity index (χ0v) is 19.3. The average Bonchev–Trinajstić information content (AvgIpc) is 3.05. The minimum absolute atomic E-state index is 0. The molecular formula is C26H31Zr-. The van der Waals surface area contributed by atoms with E-state index in [1.165, 1.54) is 84.4 Å². The first kappa shape index (κ1) is 20.7. The zero-order valence-electron chi connectivity index (χ0n) is 16.9. The Balaban J connectivity index is 0.00000210. The predicted octanol–water partition coefficient (Wildman–Crippen LogP) is 7.61. The molecular weight excluding hydrogens is 404 g/mol. The van der Waals surface area contributed by atoms with Crippen molar-refractivity contribution in [2.75, 3.05) is 0 Å². The van der Waals surface area contributed by atoms with E-state index in [-0.39, 0.29) is 26.2 Å². The molecule has 0 spiro atoms. The second-order valence-electron chi connectivity index (χ2n) is 8.33. The van der Waals surface area contributed by atoms with E-state index < -0.39 is 0 Å². The number of aryl methyl sites for hydroxylation is 2. The van der Waals surface area contributed by atoms with E-state index in [4.69, 9.17) is 0 Å². The smallest absolute Gasteiger partial charge is 0 e. The summed E-state index contributed by atoms with van der Waals surface area (Å²) < 4.78 is 0. The molecule has 140 valence electrons. The topological polar surface area (TPSA) is 0 Å². The monoisotopic (exact) mass is 433 g/mol. The maximum atomic E-state index is 2.47. The summed E-state index contributed by atoms with van der Waals surface area (Å²) in [4.78, 5) is 0. The molecule has 4 rings (SSSR count). The van der Waals surface area contributed by atoms with Gasteiger partial charge in [0.2, 0.25) is 0 Å². The summed E-state index contributed by atoms with van der Waals surface area (Å²) in [6.07, 6.45) is 10.8.